The van der Waals surface area contributed by atoms with Crippen molar-refractivity contribution < 1.29 is 19.1 Å². The van der Waals surface area contributed by atoms with Crippen LogP contribution in [0.1, 0.15) is 71.1 Å². The van der Waals surface area contributed by atoms with Gasteiger partial charge in [-0.2, -0.15) is 0 Å². The van der Waals surface area contributed by atoms with Crippen molar-refractivity contribution in [2.75, 3.05) is 4.90 Å². The maximum Gasteiger partial charge on any atom is 0.338 e. The Morgan fingerprint density at radius 3 is 2.30 bits per heavy atom. The van der Waals surface area contributed by atoms with Gasteiger partial charge >= 0.3 is 5.97 Å². The number of carbonyl (C=O) groups excluding carboxylic acids is 3. The number of rotatable bonds is 4. The van der Waals surface area contributed by atoms with Gasteiger partial charge in [-0.1, -0.05) is 45.4 Å². The van der Waals surface area contributed by atoms with Crippen LogP contribution in [0.25, 0.3) is 0 Å². The Morgan fingerprint density at radius 1 is 1.00 bits per heavy atom. The average Bonchev–Trinajstić information content (AvgIpc) is 2.98. The van der Waals surface area contributed by atoms with Gasteiger partial charge in [-0.25, -0.2) is 9.69 Å². The number of hydrogen-bond acceptors (Lipinski definition) is 4. The molecule has 3 atom stereocenters. The minimum atomic E-state index is -0.404. The topological polar surface area (TPSA) is 63.7 Å². The maximum absolute atomic E-state index is 12.9. The Balaban J connectivity index is 1.56. The zero-order valence-electron chi connectivity index (χ0n) is 17.6. The van der Waals surface area contributed by atoms with Crippen LogP contribution >= 0.6 is 0 Å². The lowest BCUT2D eigenvalue weighted by molar-refractivity contribution is -0.0174. The van der Waals surface area contributed by atoms with Gasteiger partial charge in [0.2, 0.25) is 0 Å². The lowest BCUT2D eigenvalue weighted by Gasteiger charge is -2.36. The minimum Gasteiger partial charge on any atom is -0.458 e. The number of fused-ring (bicyclic) bond motifs is 1. The van der Waals surface area contributed by atoms with Crippen molar-refractivity contribution in [3.8, 4) is 0 Å². The summed E-state index contributed by atoms with van der Waals surface area (Å²) >= 11 is 0. The summed E-state index contributed by atoms with van der Waals surface area (Å²) in [4.78, 5) is 39.5. The molecule has 0 aromatic heterocycles. The number of amides is 2. The molecule has 2 aromatic rings. The standard InChI is InChI=1S/C25H27NO4/c1-15(2)19-12-11-16(3)13-22(19)30-25(29)17-7-6-8-18(14-17)26-23(27)20-9-4-5-10-21(20)24(26)28/h4-10,14-16,19,22H,11-13H2,1-3H3. The summed E-state index contributed by atoms with van der Waals surface area (Å²) in [5.41, 5.74) is 1.50. The number of hydrogen-bond donors (Lipinski definition) is 0. The van der Waals surface area contributed by atoms with Gasteiger partial charge in [-0.15, -0.1) is 0 Å². The average molecular weight is 405 g/mol. The zero-order chi connectivity index (χ0) is 21.4. The molecule has 1 saturated carbocycles. The molecule has 0 bridgehead atoms. The third-order valence-electron chi connectivity index (χ3n) is 6.35. The van der Waals surface area contributed by atoms with Gasteiger partial charge in [0.05, 0.1) is 22.4 Å². The molecule has 3 unspecified atom stereocenters. The Hall–Kier alpha value is -2.95. The van der Waals surface area contributed by atoms with Crippen LogP contribution in [0.15, 0.2) is 48.5 Å². The molecule has 5 nitrogen and oxygen atoms in total. The Kier molecular flexibility index (Phi) is 5.46. The van der Waals surface area contributed by atoms with E-state index in [4.69, 9.17) is 4.74 Å². The quantitative estimate of drug-likeness (QED) is 0.524. The van der Waals surface area contributed by atoms with Gasteiger partial charge in [0.1, 0.15) is 6.10 Å². The van der Waals surface area contributed by atoms with Crippen LogP contribution in [-0.4, -0.2) is 23.9 Å². The number of anilines is 1. The number of imide groups is 1. The van der Waals surface area contributed by atoms with E-state index in [1.165, 1.54) is 0 Å². The molecule has 0 saturated heterocycles. The van der Waals surface area contributed by atoms with Crippen molar-refractivity contribution in [3.05, 3.63) is 65.2 Å². The smallest absolute Gasteiger partial charge is 0.338 e. The second-order valence-corrected chi connectivity index (χ2v) is 8.81. The van der Waals surface area contributed by atoms with Gasteiger partial charge in [0, 0.05) is 0 Å². The summed E-state index contributed by atoms with van der Waals surface area (Å²) in [6.45, 7) is 6.54. The SMILES string of the molecule is CC1CCC(C(C)C)C(OC(=O)c2cccc(N3C(=O)c4ccccc4C3=O)c2)C1. The van der Waals surface area contributed by atoms with Crippen molar-refractivity contribution in [1.29, 1.82) is 0 Å². The van der Waals surface area contributed by atoms with Crippen molar-refractivity contribution in [1.82, 2.24) is 0 Å². The second kappa shape index (κ2) is 8.05. The lowest BCUT2D eigenvalue weighted by atomic mass is 9.75. The summed E-state index contributed by atoms with van der Waals surface area (Å²) in [6, 6.07) is 13.3. The first-order valence-corrected chi connectivity index (χ1v) is 10.7. The summed E-state index contributed by atoms with van der Waals surface area (Å²) in [5.74, 6) is 0.175. The van der Waals surface area contributed by atoms with E-state index in [1.807, 2.05) is 0 Å². The monoisotopic (exact) mass is 405 g/mol. The van der Waals surface area contributed by atoms with E-state index in [-0.39, 0.29) is 17.9 Å². The van der Waals surface area contributed by atoms with Gasteiger partial charge < -0.3 is 4.74 Å². The predicted molar refractivity (Wildman–Crippen MR) is 115 cm³/mol. The highest BCUT2D eigenvalue weighted by molar-refractivity contribution is 6.34. The van der Waals surface area contributed by atoms with Crippen molar-refractivity contribution in [2.24, 2.45) is 17.8 Å². The van der Waals surface area contributed by atoms with E-state index in [0.717, 1.165) is 24.2 Å². The highest BCUT2D eigenvalue weighted by Gasteiger charge is 2.37. The number of carbonyl (C=O) groups is 3. The first kappa shape index (κ1) is 20.3. The number of nitrogens with zero attached hydrogens (tertiary/aromatic N) is 1. The number of ether oxygens (including phenoxy) is 1. The van der Waals surface area contributed by atoms with Crippen LogP contribution in [-0.2, 0) is 4.74 Å². The van der Waals surface area contributed by atoms with Gasteiger partial charge in [0.15, 0.2) is 0 Å². The normalized spacial score (nSPS) is 23.6. The van der Waals surface area contributed by atoms with Crippen molar-refractivity contribution in [3.63, 3.8) is 0 Å². The molecule has 1 heterocycles. The van der Waals surface area contributed by atoms with Crippen LogP contribution < -0.4 is 4.90 Å². The molecule has 5 heteroatoms. The molecule has 1 aliphatic heterocycles. The summed E-state index contributed by atoms with van der Waals surface area (Å²) in [5, 5.41) is 0. The van der Waals surface area contributed by atoms with E-state index >= 15 is 0 Å². The van der Waals surface area contributed by atoms with Gasteiger partial charge in [-0.05, 0) is 60.9 Å². The van der Waals surface area contributed by atoms with Crippen molar-refractivity contribution in [2.45, 2.75) is 46.1 Å². The fourth-order valence-electron chi connectivity index (χ4n) is 4.65. The Bertz CT molecular complexity index is 961. The molecule has 2 aliphatic rings. The minimum absolute atomic E-state index is 0.107. The van der Waals surface area contributed by atoms with Crippen LogP contribution in [0.3, 0.4) is 0 Å². The molecule has 156 valence electrons. The predicted octanol–water partition coefficient (Wildman–Crippen LogP) is 5.10. The second-order valence-electron chi connectivity index (χ2n) is 8.81. The fourth-order valence-corrected chi connectivity index (χ4v) is 4.65. The molecule has 0 spiro atoms. The molecule has 2 amide bonds. The highest BCUT2D eigenvalue weighted by atomic mass is 16.5. The third-order valence-corrected chi connectivity index (χ3v) is 6.35. The molecule has 30 heavy (non-hydrogen) atoms. The third kappa shape index (κ3) is 3.64. The number of benzene rings is 2. The van der Waals surface area contributed by atoms with Crippen LogP contribution in [0.4, 0.5) is 5.69 Å². The Labute approximate surface area is 177 Å². The molecule has 1 aliphatic carbocycles. The van der Waals surface area contributed by atoms with Crippen LogP contribution in [0.5, 0.6) is 0 Å². The molecule has 4 rings (SSSR count). The van der Waals surface area contributed by atoms with E-state index in [0.29, 0.717) is 40.1 Å². The van der Waals surface area contributed by atoms with Gasteiger partial charge in [0.25, 0.3) is 11.8 Å². The molecule has 1 fully saturated rings. The van der Waals surface area contributed by atoms with Gasteiger partial charge in [-0.3, -0.25) is 9.59 Å². The molecular formula is C25H27NO4. The molecule has 0 N–H and O–H groups in total. The highest BCUT2D eigenvalue weighted by Crippen LogP contribution is 2.36. The summed E-state index contributed by atoms with van der Waals surface area (Å²) in [7, 11) is 0. The first-order valence-electron chi connectivity index (χ1n) is 10.7. The molecular weight excluding hydrogens is 378 g/mol. The maximum atomic E-state index is 12.9. The van der Waals surface area contributed by atoms with Crippen LogP contribution in [0, 0.1) is 17.8 Å². The van der Waals surface area contributed by atoms with E-state index in [9.17, 15) is 14.4 Å². The first-order chi connectivity index (χ1) is 14.4. The fraction of sp³-hybridized carbons (Fsp3) is 0.400. The van der Waals surface area contributed by atoms with E-state index in [2.05, 4.69) is 20.8 Å². The van der Waals surface area contributed by atoms with E-state index < -0.39 is 5.97 Å². The van der Waals surface area contributed by atoms with E-state index in [1.54, 1.807) is 48.5 Å². The zero-order valence-corrected chi connectivity index (χ0v) is 17.6. The molecule has 0 radical (unpaired) electrons. The largest absolute Gasteiger partial charge is 0.458 e. The van der Waals surface area contributed by atoms with Crippen LogP contribution in [0.2, 0.25) is 0 Å². The van der Waals surface area contributed by atoms with Crippen molar-refractivity contribution >= 4 is 23.5 Å². The number of esters is 1. The Morgan fingerprint density at radius 2 is 1.67 bits per heavy atom. The summed E-state index contributed by atoms with van der Waals surface area (Å²) < 4.78 is 5.93. The molecule has 2 aromatic carbocycles. The lowest BCUT2D eigenvalue weighted by Crippen LogP contribution is -2.36. The summed E-state index contributed by atoms with van der Waals surface area (Å²) in [6.07, 6.45) is 2.98.